The average Bonchev–Trinajstić information content (AvgIpc) is 2.61. The molecule has 0 spiro atoms. The molecule has 0 amide bonds. The van der Waals surface area contributed by atoms with Crippen LogP contribution in [0.5, 0.6) is 5.75 Å². The second-order valence-corrected chi connectivity index (χ2v) is 5.31. The number of anilines is 3. The first-order chi connectivity index (χ1) is 11.7. The Hall–Kier alpha value is -3.15. The lowest BCUT2D eigenvalue weighted by molar-refractivity contribution is 0.416. The second kappa shape index (κ2) is 7.41. The van der Waals surface area contributed by atoms with E-state index in [4.69, 9.17) is 4.74 Å². The topological polar surface area (TPSA) is 72.0 Å². The summed E-state index contributed by atoms with van der Waals surface area (Å²) in [5.41, 5.74) is 3.05. The maximum absolute atomic E-state index is 5.37. The van der Waals surface area contributed by atoms with Crippen molar-refractivity contribution in [3.63, 3.8) is 0 Å². The Morgan fingerprint density at radius 2 is 2.04 bits per heavy atom. The molecule has 0 unspecified atom stereocenters. The van der Waals surface area contributed by atoms with Gasteiger partial charge in [-0.05, 0) is 42.3 Å². The van der Waals surface area contributed by atoms with Crippen LogP contribution < -0.4 is 15.4 Å². The second-order valence-electron chi connectivity index (χ2n) is 5.31. The number of hydrogen-bond donors (Lipinski definition) is 2. The molecule has 3 aromatic rings. The maximum Gasteiger partial charge on any atom is 0.229 e. The largest absolute Gasteiger partial charge is 0.495 e. The molecule has 0 aliphatic heterocycles. The minimum Gasteiger partial charge on any atom is -0.495 e. The van der Waals surface area contributed by atoms with E-state index in [0.717, 1.165) is 28.4 Å². The number of methoxy groups -OCH3 is 1. The predicted octanol–water partition coefficient (Wildman–Crippen LogP) is 3.54. The molecule has 0 radical (unpaired) electrons. The summed E-state index contributed by atoms with van der Waals surface area (Å²) in [6.45, 7) is 2.68. The molecular formula is C18H19N5O. The van der Waals surface area contributed by atoms with Gasteiger partial charge in [-0.15, -0.1) is 0 Å². The highest BCUT2D eigenvalue weighted by Crippen LogP contribution is 2.27. The molecule has 0 saturated carbocycles. The minimum absolute atomic E-state index is 0.509. The van der Waals surface area contributed by atoms with E-state index in [1.54, 1.807) is 19.5 Å². The Labute approximate surface area is 141 Å². The van der Waals surface area contributed by atoms with E-state index in [1.165, 1.54) is 0 Å². The standard InChI is InChI=1S/C18H19N5O/c1-13-5-6-16(24-2)15(10-13)22-18-20-9-7-17(23-18)21-12-14-4-3-8-19-11-14/h3-11H,12H2,1-2H3,(H2,20,21,22,23). The van der Waals surface area contributed by atoms with Crippen LogP contribution in [-0.2, 0) is 6.54 Å². The number of rotatable bonds is 6. The molecule has 6 heteroatoms. The lowest BCUT2D eigenvalue weighted by Crippen LogP contribution is -2.05. The Balaban J connectivity index is 1.72. The zero-order valence-corrected chi connectivity index (χ0v) is 13.7. The van der Waals surface area contributed by atoms with E-state index in [9.17, 15) is 0 Å². The summed E-state index contributed by atoms with van der Waals surface area (Å²) in [6.07, 6.45) is 5.29. The summed E-state index contributed by atoms with van der Waals surface area (Å²) in [4.78, 5) is 12.8. The summed E-state index contributed by atoms with van der Waals surface area (Å²) in [5.74, 6) is 2.00. The highest BCUT2D eigenvalue weighted by molar-refractivity contribution is 5.64. The molecule has 3 rings (SSSR count). The summed E-state index contributed by atoms with van der Waals surface area (Å²) < 4.78 is 5.37. The molecular weight excluding hydrogens is 302 g/mol. The van der Waals surface area contributed by atoms with Crippen LogP contribution in [0.25, 0.3) is 0 Å². The maximum atomic E-state index is 5.37. The van der Waals surface area contributed by atoms with Gasteiger partial charge in [0, 0.05) is 25.1 Å². The van der Waals surface area contributed by atoms with Gasteiger partial charge < -0.3 is 15.4 Å². The molecule has 0 saturated heterocycles. The zero-order valence-electron chi connectivity index (χ0n) is 13.7. The monoisotopic (exact) mass is 321 g/mol. The van der Waals surface area contributed by atoms with E-state index in [2.05, 4.69) is 25.6 Å². The third-order valence-corrected chi connectivity index (χ3v) is 3.45. The summed E-state index contributed by atoms with van der Waals surface area (Å²) in [6, 6.07) is 11.7. The first-order valence-electron chi connectivity index (χ1n) is 7.62. The van der Waals surface area contributed by atoms with Crippen molar-refractivity contribution in [3.8, 4) is 5.75 Å². The van der Waals surface area contributed by atoms with Crippen LogP contribution in [0.4, 0.5) is 17.5 Å². The fourth-order valence-electron chi connectivity index (χ4n) is 2.25. The van der Waals surface area contributed by atoms with Gasteiger partial charge in [-0.2, -0.15) is 4.98 Å². The summed E-state index contributed by atoms with van der Waals surface area (Å²) in [5, 5.41) is 6.47. The summed E-state index contributed by atoms with van der Waals surface area (Å²) in [7, 11) is 1.64. The molecule has 122 valence electrons. The molecule has 2 heterocycles. The number of pyridine rings is 1. The highest BCUT2D eigenvalue weighted by Gasteiger charge is 2.06. The number of hydrogen-bond acceptors (Lipinski definition) is 6. The van der Waals surface area contributed by atoms with Crippen LogP contribution >= 0.6 is 0 Å². The van der Waals surface area contributed by atoms with Crippen molar-refractivity contribution in [1.82, 2.24) is 15.0 Å². The number of aryl methyl sites for hydroxylation is 1. The van der Waals surface area contributed by atoms with Gasteiger partial charge in [0.15, 0.2) is 0 Å². The smallest absolute Gasteiger partial charge is 0.229 e. The first-order valence-corrected chi connectivity index (χ1v) is 7.62. The van der Waals surface area contributed by atoms with E-state index in [0.29, 0.717) is 12.5 Å². The Morgan fingerprint density at radius 3 is 2.83 bits per heavy atom. The molecule has 0 aliphatic rings. The van der Waals surface area contributed by atoms with Crippen molar-refractivity contribution in [1.29, 1.82) is 0 Å². The molecule has 1 aromatic carbocycles. The van der Waals surface area contributed by atoms with E-state index < -0.39 is 0 Å². The molecule has 0 atom stereocenters. The fraction of sp³-hybridized carbons (Fsp3) is 0.167. The van der Waals surface area contributed by atoms with Crippen molar-refractivity contribution < 1.29 is 4.74 Å². The fourth-order valence-corrected chi connectivity index (χ4v) is 2.25. The van der Waals surface area contributed by atoms with Gasteiger partial charge in [-0.1, -0.05) is 12.1 Å². The van der Waals surface area contributed by atoms with E-state index in [-0.39, 0.29) is 0 Å². The van der Waals surface area contributed by atoms with Crippen LogP contribution in [0.2, 0.25) is 0 Å². The number of ether oxygens (including phenoxy) is 1. The SMILES string of the molecule is COc1ccc(C)cc1Nc1nccc(NCc2cccnc2)n1. The van der Waals surface area contributed by atoms with Crippen molar-refractivity contribution in [2.45, 2.75) is 13.5 Å². The molecule has 0 fully saturated rings. The van der Waals surface area contributed by atoms with Gasteiger partial charge in [0.05, 0.1) is 12.8 Å². The van der Waals surface area contributed by atoms with Crippen molar-refractivity contribution in [3.05, 3.63) is 66.1 Å². The Morgan fingerprint density at radius 1 is 1.12 bits per heavy atom. The third kappa shape index (κ3) is 3.98. The van der Waals surface area contributed by atoms with Gasteiger partial charge in [-0.3, -0.25) is 4.98 Å². The Kier molecular flexibility index (Phi) is 4.86. The number of benzene rings is 1. The zero-order chi connectivity index (χ0) is 16.8. The van der Waals surface area contributed by atoms with Crippen molar-refractivity contribution in [2.75, 3.05) is 17.7 Å². The molecule has 2 aromatic heterocycles. The molecule has 2 N–H and O–H groups in total. The van der Waals surface area contributed by atoms with Gasteiger partial charge in [0.1, 0.15) is 11.6 Å². The Bertz CT molecular complexity index is 808. The van der Waals surface area contributed by atoms with Gasteiger partial charge in [0.25, 0.3) is 0 Å². The van der Waals surface area contributed by atoms with E-state index in [1.807, 2.05) is 49.5 Å². The number of nitrogens with zero attached hydrogens (tertiary/aromatic N) is 3. The number of aromatic nitrogens is 3. The lowest BCUT2D eigenvalue weighted by atomic mass is 10.2. The number of nitrogens with one attached hydrogen (secondary N) is 2. The van der Waals surface area contributed by atoms with E-state index >= 15 is 0 Å². The minimum atomic E-state index is 0.509. The predicted molar refractivity (Wildman–Crippen MR) is 94.6 cm³/mol. The normalized spacial score (nSPS) is 10.2. The first kappa shape index (κ1) is 15.7. The van der Waals surface area contributed by atoms with Gasteiger partial charge in [0.2, 0.25) is 5.95 Å². The van der Waals surface area contributed by atoms with Gasteiger partial charge in [-0.25, -0.2) is 4.98 Å². The summed E-state index contributed by atoms with van der Waals surface area (Å²) >= 11 is 0. The van der Waals surface area contributed by atoms with Crippen molar-refractivity contribution in [2.24, 2.45) is 0 Å². The van der Waals surface area contributed by atoms with Gasteiger partial charge >= 0.3 is 0 Å². The lowest BCUT2D eigenvalue weighted by Gasteiger charge is -2.12. The van der Waals surface area contributed by atoms with Crippen LogP contribution in [0.15, 0.2) is 55.0 Å². The quantitative estimate of drug-likeness (QED) is 0.723. The molecule has 6 nitrogen and oxygen atoms in total. The third-order valence-electron chi connectivity index (χ3n) is 3.45. The van der Waals surface area contributed by atoms with Crippen molar-refractivity contribution >= 4 is 17.5 Å². The highest BCUT2D eigenvalue weighted by atomic mass is 16.5. The van der Waals surface area contributed by atoms with Crippen LogP contribution in [0.3, 0.4) is 0 Å². The molecule has 0 aliphatic carbocycles. The van der Waals surface area contributed by atoms with Crippen LogP contribution in [0, 0.1) is 6.92 Å². The molecule has 24 heavy (non-hydrogen) atoms. The average molecular weight is 321 g/mol. The molecule has 0 bridgehead atoms. The van der Waals surface area contributed by atoms with Crippen LogP contribution in [0.1, 0.15) is 11.1 Å². The van der Waals surface area contributed by atoms with Crippen LogP contribution in [-0.4, -0.2) is 22.1 Å².